The third-order valence-corrected chi connectivity index (χ3v) is 6.50. The molecule has 36 heavy (non-hydrogen) atoms. The van der Waals surface area contributed by atoms with Crippen molar-refractivity contribution in [1.29, 1.82) is 0 Å². The van der Waals surface area contributed by atoms with E-state index in [0.29, 0.717) is 6.54 Å². The fraction of sp³-hybridized carbons (Fsp3) is 0.118. The number of likely N-dealkylation sites (N-methyl/N-ethyl adjacent to an activating group) is 1. The molecule has 5 rings (SSSR count). The Balaban J connectivity index is 1.84. The number of allylic oxidation sites excluding steroid dienone is 4. The Morgan fingerprint density at radius 2 is 1.33 bits per heavy atom. The van der Waals surface area contributed by atoms with Gasteiger partial charge >= 0.3 is 0 Å². The molecule has 0 aliphatic carbocycles. The SMILES string of the molecule is C=C(C)/C=C(\C=C/C[N+](C)(C)[O-])c1c2ccccc2c(-c2ccc3ccccc3c2)c2ccccc12. The summed E-state index contributed by atoms with van der Waals surface area (Å²) in [4.78, 5) is 0. The van der Waals surface area contributed by atoms with Gasteiger partial charge in [-0.3, -0.25) is 0 Å². The van der Waals surface area contributed by atoms with Gasteiger partial charge < -0.3 is 9.85 Å². The summed E-state index contributed by atoms with van der Waals surface area (Å²) in [6, 6.07) is 32.5. The zero-order chi connectivity index (χ0) is 25.3. The molecular formula is C34H31NO. The lowest BCUT2D eigenvalue weighted by molar-refractivity contribution is -0.833. The molecule has 0 amide bonds. The molecule has 0 unspecified atom stereocenters. The van der Waals surface area contributed by atoms with E-state index in [0.717, 1.165) is 11.1 Å². The molecule has 0 aromatic heterocycles. The smallest absolute Gasteiger partial charge is 0.0970 e. The molecule has 0 atom stereocenters. The topological polar surface area (TPSA) is 23.1 Å². The molecule has 0 fully saturated rings. The predicted octanol–water partition coefficient (Wildman–Crippen LogP) is 8.90. The summed E-state index contributed by atoms with van der Waals surface area (Å²) in [5.41, 5.74) is 5.65. The molecule has 2 heteroatoms. The van der Waals surface area contributed by atoms with Crippen LogP contribution in [0.2, 0.25) is 0 Å². The minimum atomic E-state index is -0.362. The maximum absolute atomic E-state index is 12.2. The van der Waals surface area contributed by atoms with Crippen LogP contribution in [0.15, 0.2) is 121 Å². The molecule has 0 saturated carbocycles. The maximum atomic E-state index is 12.2. The quantitative estimate of drug-likeness (QED) is 0.105. The van der Waals surface area contributed by atoms with Gasteiger partial charge in [0.2, 0.25) is 0 Å². The summed E-state index contributed by atoms with van der Waals surface area (Å²) in [7, 11) is 3.32. The normalized spacial score (nSPS) is 12.7. The number of benzene rings is 5. The van der Waals surface area contributed by atoms with E-state index < -0.39 is 0 Å². The van der Waals surface area contributed by atoms with Crippen LogP contribution in [0.1, 0.15) is 12.5 Å². The molecule has 0 spiro atoms. The van der Waals surface area contributed by atoms with Crippen molar-refractivity contribution >= 4 is 37.9 Å². The highest BCUT2D eigenvalue weighted by atomic mass is 16.5. The van der Waals surface area contributed by atoms with Crippen LogP contribution in [0.3, 0.4) is 0 Å². The Kier molecular flexibility index (Phi) is 6.32. The minimum Gasteiger partial charge on any atom is -0.633 e. The Labute approximate surface area is 213 Å². The van der Waals surface area contributed by atoms with E-state index in [9.17, 15) is 5.21 Å². The summed E-state index contributed by atoms with van der Waals surface area (Å²) in [6.07, 6.45) is 6.17. The van der Waals surface area contributed by atoms with Crippen molar-refractivity contribution in [1.82, 2.24) is 0 Å². The molecular weight excluding hydrogens is 438 g/mol. The highest BCUT2D eigenvalue weighted by molar-refractivity contribution is 6.19. The number of rotatable bonds is 6. The third-order valence-electron chi connectivity index (χ3n) is 6.50. The molecule has 0 N–H and O–H groups in total. The molecule has 178 valence electrons. The number of nitrogens with zero attached hydrogens (tertiary/aromatic N) is 1. The number of hydroxylamine groups is 3. The fourth-order valence-corrected chi connectivity index (χ4v) is 5.00. The monoisotopic (exact) mass is 469 g/mol. The lowest BCUT2D eigenvalue weighted by atomic mass is 9.85. The summed E-state index contributed by atoms with van der Waals surface area (Å²) < 4.78 is -0.362. The van der Waals surface area contributed by atoms with Gasteiger partial charge in [-0.15, -0.1) is 0 Å². The molecule has 0 aliphatic rings. The highest BCUT2D eigenvalue weighted by Gasteiger charge is 2.17. The van der Waals surface area contributed by atoms with Gasteiger partial charge in [-0.25, -0.2) is 0 Å². The number of fused-ring (bicyclic) bond motifs is 3. The molecule has 2 nitrogen and oxygen atoms in total. The first-order valence-corrected chi connectivity index (χ1v) is 12.3. The highest BCUT2D eigenvalue weighted by Crippen LogP contribution is 2.42. The van der Waals surface area contributed by atoms with Crippen molar-refractivity contribution in [3.8, 4) is 11.1 Å². The second-order valence-corrected chi connectivity index (χ2v) is 10.0. The Morgan fingerprint density at radius 1 is 0.778 bits per heavy atom. The lowest BCUT2D eigenvalue weighted by Crippen LogP contribution is -2.31. The van der Waals surface area contributed by atoms with Gasteiger partial charge in [-0.1, -0.05) is 109 Å². The van der Waals surface area contributed by atoms with Gasteiger partial charge in [0.15, 0.2) is 0 Å². The number of quaternary nitrogens is 1. The van der Waals surface area contributed by atoms with Crippen molar-refractivity contribution in [3.63, 3.8) is 0 Å². The van der Waals surface area contributed by atoms with Gasteiger partial charge in [0.25, 0.3) is 0 Å². The Hall–Kier alpha value is -3.98. The van der Waals surface area contributed by atoms with Crippen LogP contribution in [0.5, 0.6) is 0 Å². The number of hydrogen-bond acceptors (Lipinski definition) is 1. The first kappa shape index (κ1) is 23.7. The molecule has 0 radical (unpaired) electrons. The van der Waals surface area contributed by atoms with Gasteiger partial charge in [0.05, 0.1) is 20.6 Å². The molecule has 5 aromatic rings. The van der Waals surface area contributed by atoms with Crippen LogP contribution in [0, 0.1) is 5.21 Å². The van der Waals surface area contributed by atoms with Gasteiger partial charge in [-0.05, 0) is 73.6 Å². The zero-order valence-electron chi connectivity index (χ0n) is 21.2. The van der Waals surface area contributed by atoms with Crippen LogP contribution in [0.4, 0.5) is 0 Å². The predicted molar refractivity (Wildman–Crippen MR) is 157 cm³/mol. The van der Waals surface area contributed by atoms with E-state index in [2.05, 4.69) is 110 Å². The van der Waals surface area contributed by atoms with Crippen LogP contribution in [-0.4, -0.2) is 25.3 Å². The van der Waals surface area contributed by atoms with Crippen LogP contribution >= 0.6 is 0 Å². The van der Waals surface area contributed by atoms with Crippen molar-refractivity contribution in [2.45, 2.75) is 6.92 Å². The van der Waals surface area contributed by atoms with E-state index in [1.54, 1.807) is 14.1 Å². The van der Waals surface area contributed by atoms with Crippen molar-refractivity contribution < 1.29 is 4.65 Å². The molecule has 0 bridgehead atoms. The van der Waals surface area contributed by atoms with E-state index >= 15 is 0 Å². The molecule has 0 aliphatic heterocycles. The van der Waals surface area contributed by atoms with Crippen molar-refractivity contribution in [2.75, 3.05) is 20.6 Å². The van der Waals surface area contributed by atoms with E-state index in [1.807, 2.05) is 13.0 Å². The molecule has 0 saturated heterocycles. The second kappa shape index (κ2) is 9.58. The largest absolute Gasteiger partial charge is 0.633 e. The lowest BCUT2D eigenvalue weighted by Gasteiger charge is -2.32. The van der Waals surface area contributed by atoms with Crippen LogP contribution < -0.4 is 0 Å². The number of hydrogen-bond donors (Lipinski definition) is 0. The van der Waals surface area contributed by atoms with Crippen LogP contribution in [0.25, 0.3) is 49.0 Å². The standard InChI is InChI=1S/C34H31NO/c1-24(2)22-27(14-11-21-35(3,4)36)33-29-15-7-9-17-31(29)34(32-18-10-8-16-30(32)33)28-20-19-25-12-5-6-13-26(25)23-28/h5-20,22-23H,1,21H2,2-4H3/b14-11-,27-22+. The third kappa shape index (κ3) is 4.74. The van der Waals surface area contributed by atoms with Crippen molar-refractivity contribution in [3.05, 3.63) is 132 Å². The first-order chi connectivity index (χ1) is 17.3. The van der Waals surface area contributed by atoms with Gasteiger partial charge in [0, 0.05) is 0 Å². The maximum Gasteiger partial charge on any atom is 0.0970 e. The molecule has 5 aromatic carbocycles. The average Bonchev–Trinajstić information content (AvgIpc) is 2.85. The second-order valence-electron chi connectivity index (χ2n) is 10.0. The summed E-state index contributed by atoms with van der Waals surface area (Å²) in [5, 5.41) is 19.5. The fourth-order valence-electron chi connectivity index (χ4n) is 5.00. The van der Waals surface area contributed by atoms with Gasteiger partial charge in [-0.2, -0.15) is 0 Å². The van der Waals surface area contributed by atoms with E-state index in [4.69, 9.17) is 0 Å². The Morgan fingerprint density at radius 3 is 1.92 bits per heavy atom. The zero-order valence-corrected chi connectivity index (χ0v) is 21.2. The summed E-state index contributed by atoms with van der Waals surface area (Å²) in [5.74, 6) is 0. The van der Waals surface area contributed by atoms with E-state index in [-0.39, 0.29) is 4.65 Å². The first-order valence-electron chi connectivity index (χ1n) is 12.3. The molecule has 0 heterocycles. The van der Waals surface area contributed by atoms with Crippen LogP contribution in [-0.2, 0) is 0 Å². The van der Waals surface area contributed by atoms with Gasteiger partial charge in [0.1, 0.15) is 0 Å². The average molecular weight is 470 g/mol. The Bertz CT molecular complexity index is 1610. The van der Waals surface area contributed by atoms with Crippen molar-refractivity contribution in [2.24, 2.45) is 0 Å². The summed E-state index contributed by atoms with van der Waals surface area (Å²) >= 11 is 0. The summed E-state index contributed by atoms with van der Waals surface area (Å²) in [6.45, 7) is 6.57. The minimum absolute atomic E-state index is 0.362. The van der Waals surface area contributed by atoms with E-state index in [1.165, 1.54) is 49.0 Å².